The van der Waals surface area contributed by atoms with Gasteiger partial charge in [0, 0.05) is 138 Å². The van der Waals surface area contributed by atoms with Gasteiger partial charge in [-0.05, 0) is 169 Å². The Morgan fingerprint density at radius 2 is 0.757 bits per heavy atom. The fraction of sp³-hybridized carbons (Fsp3) is 0.450. The highest BCUT2D eigenvalue weighted by molar-refractivity contribution is 5.93. The third-order valence-corrected chi connectivity index (χ3v) is 21.9. The van der Waals surface area contributed by atoms with Gasteiger partial charge in [-0.2, -0.15) is 38.5 Å². The third-order valence-electron chi connectivity index (χ3n) is 21.9. The summed E-state index contributed by atoms with van der Waals surface area (Å²) in [7, 11) is 0. The largest absolute Gasteiger partial charge is 0.393 e. The number of hydrogen-bond acceptors (Lipinski definition) is 23. The van der Waals surface area contributed by atoms with Gasteiger partial charge in [0.05, 0.1) is 62.7 Å². The molecule has 6 aliphatic heterocycles. The molecular weight excluding hydrogens is 1410 g/mol. The Labute approximate surface area is 641 Å². The molecule has 8 aromatic rings. The van der Waals surface area contributed by atoms with Crippen LogP contribution in [0.3, 0.4) is 0 Å². The van der Waals surface area contributed by atoms with Gasteiger partial charge in [0.25, 0.3) is 0 Å². The first kappa shape index (κ1) is 72.4. The van der Waals surface area contributed by atoms with Crippen molar-refractivity contribution in [1.29, 1.82) is 0 Å². The minimum absolute atomic E-state index is 0.0209. The van der Waals surface area contributed by atoms with Crippen molar-refractivity contribution in [3.63, 3.8) is 0 Å². The SMILES string of the molecule is C=C1NC(=O)C/C1=C\c1cnn2c(NC3CC3)cc(N3CC[C@H](O)C3)nc12.C=C1NC(=O)C/C1=C\c1cnn2c(NC3CC3)cc(NC3CCC(O)CC3)nc12.C=C1NC(=O)C/C1=C\c1cnn2c(NC3CC3)cc(NC3CCOCC3)nc12.C=C1NC(=O)C/C1=C\c1cnn2c(NC3CC3)cc(N[C@H](C)C3CC3)nc12. The molecule has 0 unspecified atom stereocenters. The topological polar surface area (TPSA) is 374 Å². The number of aromatic nitrogens is 12. The zero-order chi connectivity index (χ0) is 76.1. The number of ether oxygens (including phenoxy) is 1. The molecule has 31 nitrogen and oxygen atoms in total. The lowest BCUT2D eigenvalue weighted by Crippen LogP contribution is -2.28. The normalized spacial score (nSPS) is 23.7. The number of carbonyl (C=O) groups is 4. The number of hydrogen-bond donors (Lipinski definition) is 13. The summed E-state index contributed by atoms with van der Waals surface area (Å²) in [5.74, 6) is 7.67. The summed E-state index contributed by atoms with van der Waals surface area (Å²) in [5, 5.41) is 73.6. The number of amides is 4. The second-order valence-corrected chi connectivity index (χ2v) is 31.4. The number of nitrogens with one attached hydrogen (secondary N) is 11. The Bertz CT molecular complexity index is 5180. The second-order valence-electron chi connectivity index (χ2n) is 31.4. The van der Waals surface area contributed by atoms with E-state index in [0.717, 1.165) is 197 Å². The summed E-state index contributed by atoms with van der Waals surface area (Å²) in [6.45, 7) is 20.8. The Hall–Kier alpha value is -11.4. The maximum absolute atomic E-state index is 11.6. The van der Waals surface area contributed by atoms with Crippen molar-refractivity contribution in [2.24, 2.45) is 5.92 Å². The molecule has 578 valence electrons. The molecule has 6 aliphatic carbocycles. The molecule has 14 heterocycles. The zero-order valence-corrected chi connectivity index (χ0v) is 62.5. The first-order valence-electron chi connectivity index (χ1n) is 39.2. The van der Waals surface area contributed by atoms with Gasteiger partial charge in [-0.1, -0.05) is 26.3 Å². The lowest BCUT2D eigenvalue weighted by atomic mass is 9.93. The van der Waals surface area contributed by atoms with Crippen molar-refractivity contribution in [3.8, 4) is 0 Å². The van der Waals surface area contributed by atoms with Crippen LogP contribution in [-0.2, 0) is 23.9 Å². The number of aliphatic hydroxyl groups is 2. The van der Waals surface area contributed by atoms with Gasteiger partial charge in [-0.15, -0.1) is 0 Å². The number of carbonyl (C=O) groups excluding carboxylic acids is 4. The molecule has 31 heteroatoms. The van der Waals surface area contributed by atoms with Crippen LogP contribution >= 0.6 is 0 Å². The van der Waals surface area contributed by atoms with E-state index in [1.807, 2.05) is 66.6 Å². The van der Waals surface area contributed by atoms with Crippen molar-refractivity contribution < 1.29 is 34.1 Å². The van der Waals surface area contributed by atoms with Gasteiger partial charge >= 0.3 is 0 Å². The quantitative estimate of drug-likeness (QED) is 0.0338. The van der Waals surface area contributed by atoms with Crippen molar-refractivity contribution in [2.75, 3.05) is 68.4 Å². The summed E-state index contributed by atoms with van der Waals surface area (Å²) in [6.07, 6.45) is 33.9. The predicted molar refractivity (Wildman–Crippen MR) is 426 cm³/mol. The van der Waals surface area contributed by atoms with Crippen LogP contribution in [0.4, 0.5) is 46.5 Å². The minimum atomic E-state index is -0.312. The number of fused-ring (bicyclic) bond motifs is 4. The molecule has 20 rings (SSSR count). The summed E-state index contributed by atoms with van der Waals surface area (Å²) in [6, 6.07) is 11.2. The first-order valence-corrected chi connectivity index (χ1v) is 39.2. The molecule has 8 aromatic heterocycles. The third kappa shape index (κ3) is 17.3. The number of rotatable bonds is 20. The Morgan fingerprint density at radius 1 is 0.423 bits per heavy atom. The van der Waals surface area contributed by atoms with Gasteiger partial charge in [-0.25, -0.2) is 19.9 Å². The molecular formula is C80H96N24O7. The van der Waals surface area contributed by atoms with E-state index >= 15 is 0 Å². The number of aliphatic hydroxyl groups excluding tert-OH is 2. The average molecular weight is 1510 g/mol. The van der Waals surface area contributed by atoms with Gasteiger partial charge in [0.15, 0.2) is 22.6 Å². The molecule has 12 aliphatic rings. The van der Waals surface area contributed by atoms with E-state index < -0.39 is 0 Å². The van der Waals surface area contributed by atoms with Crippen molar-refractivity contribution in [2.45, 2.75) is 196 Å². The Balaban J connectivity index is 0.000000108. The second kappa shape index (κ2) is 30.8. The average Bonchev–Trinajstić information content (AvgIpc) is 1.64. The predicted octanol–water partition coefficient (Wildman–Crippen LogP) is 8.97. The summed E-state index contributed by atoms with van der Waals surface area (Å²) < 4.78 is 12.8. The van der Waals surface area contributed by atoms with Crippen molar-refractivity contribution in [1.82, 2.24) is 79.7 Å². The maximum atomic E-state index is 11.6. The van der Waals surface area contributed by atoms with Crippen molar-refractivity contribution in [3.05, 3.63) is 143 Å². The Morgan fingerprint density at radius 3 is 1.10 bits per heavy atom. The van der Waals surface area contributed by atoms with Crippen LogP contribution in [0, 0.1) is 5.92 Å². The number of nitrogens with zero attached hydrogens (tertiary/aromatic N) is 13. The summed E-state index contributed by atoms with van der Waals surface area (Å²) >= 11 is 0. The van der Waals surface area contributed by atoms with Crippen LogP contribution in [-0.4, -0.2) is 173 Å². The van der Waals surface area contributed by atoms with Gasteiger partial charge in [-0.3, -0.25) is 19.2 Å². The van der Waals surface area contributed by atoms with Gasteiger partial charge in [0.1, 0.15) is 46.5 Å². The Kier molecular flexibility index (Phi) is 20.1. The van der Waals surface area contributed by atoms with Gasteiger partial charge < -0.3 is 78.3 Å². The summed E-state index contributed by atoms with van der Waals surface area (Å²) in [4.78, 5) is 67.9. The standard InChI is InChI=1S/C21H26N6O2.C20H24N6O2.C20H24N6O.C19H22N6O2/c1-12-13(9-20(29)23-12)8-14-11-22-27-19(25-16-2-3-16)10-18(26-21(14)27)24-15-4-6-17(28)7-5-15;1-12-13(9-19(27)22-12)8-14-11-21-26-18(24-15-2-3-15)10-17(25-20(14)26)23-16-4-6-28-7-5-16;1-11(13-3-4-13)22-17-9-18(24-16-5-6-16)26-20(25-17)15(10-21-26)7-14-8-19(27)23-12(14)2;1-11-12(7-18(27)21-11)6-13-9-20-25-17(22-14-2-3-14)8-16(23-19(13)25)24-5-4-15(26)10-24/h8,10-11,15-17,25,28H,1-7,9H2,(H,23,29)(H,24,26);8,10-11,15-16,24H,1-7,9H2,(H,22,27)(H,23,25);7,9-11,13,16,24H,2-6,8H2,1H3,(H,22,25)(H,23,27);6,8-9,14-15,22,26H,1-5,7,10H2,(H,21,27)/b2*13-8+;14-7+;12-6+/t;;11-;15-/m..10/s1. The van der Waals surface area contributed by atoms with Gasteiger partial charge in [0.2, 0.25) is 23.6 Å². The highest BCUT2D eigenvalue weighted by Gasteiger charge is 2.33. The van der Waals surface area contributed by atoms with E-state index in [-0.39, 0.29) is 35.8 Å². The molecule has 0 aromatic carbocycles. The fourth-order valence-electron chi connectivity index (χ4n) is 14.8. The molecule has 13 N–H and O–H groups in total. The molecule has 6 saturated heterocycles. The van der Waals surface area contributed by atoms with E-state index in [2.05, 4.69) is 117 Å². The molecule has 0 radical (unpaired) electrons. The molecule has 4 amide bonds. The molecule has 0 bridgehead atoms. The van der Waals surface area contributed by atoms with Crippen molar-refractivity contribution >= 4 is 117 Å². The van der Waals surface area contributed by atoms with Crippen LogP contribution in [0.2, 0.25) is 0 Å². The van der Waals surface area contributed by atoms with E-state index in [1.165, 1.54) is 51.4 Å². The zero-order valence-electron chi connectivity index (χ0n) is 62.5. The maximum Gasteiger partial charge on any atom is 0.228 e. The molecule has 6 saturated carbocycles. The molecule has 111 heavy (non-hydrogen) atoms. The highest BCUT2D eigenvalue weighted by atomic mass is 16.5. The van der Waals surface area contributed by atoms with Crippen LogP contribution in [0.15, 0.2) is 120 Å². The lowest BCUT2D eigenvalue weighted by molar-refractivity contribution is -0.119. The van der Waals surface area contributed by atoms with E-state index in [0.29, 0.717) is 97.3 Å². The number of anilines is 8. The smallest absolute Gasteiger partial charge is 0.228 e. The van der Waals surface area contributed by atoms with Crippen LogP contribution < -0.4 is 63.4 Å². The first-order chi connectivity index (χ1) is 53.8. The molecule has 12 fully saturated rings. The monoisotopic (exact) mass is 1500 g/mol. The lowest BCUT2D eigenvalue weighted by Gasteiger charge is -2.26. The minimum Gasteiger partial charge on any atom is -0.393 e. The van der Waals surface area contributed by atoms with E-state index in [4.69, 9.17) is 24.7 Å². The summed E-state index contributed by atoms with van der Waals surface area (Å²) in [5.41, 5.74) is 12.6. The fourth-order valence-corrected chi connectivity index (χ4v) is 14.8. The van der Waals surface area contributed by atoms with E-state index in [1.54, 1.807) is 24.8 Å². The van der Waals surface area contributed by atoms with Crippen LogP contribution in [0.25, 0.3) is 46.9 Å². The number of allylic oxidation sites excluding steroid dienone is 4. The molecule has 0 spiro atoms. The van der Waals surface area contributed by atoms with Crippen LogP contribution in [0.1, 0.15) is 164 Å². The molecule has 2 atom stereocenters. The van der Waals surface area contributed by atoms with E-state index in [9.17, 15) is 29.4 Å². The van der Waals surface area contributed by atoms with Crippen LogP contribution in [0.5, 0.6) is 0 Å². The highest BCUT2D eigenvalue weighted by Crippen LogP contribution is 2.38. The number of β-amino-alcohol motifs (C(OH)–C–C–N with tert-alkyl or cyclic N) is 1.